The SMILES string of the molecule is CN[C@@H](C)C(=O)N[C@H](C(=O)N1CCC[C@H]1c1nc(-c2csc3ccccc23)cs1)C(C)(C)C. The van der Waals surface area contributed by atoms with Gasteiger partial charge < -0.3 is 15.5 Å². The normalized spacial score (nSPS) is 18.5. The van der Waals surface area contributed by atoms with E-state index in [-0.39, 0.29) is 23.9 Å². The van der Waals surface area contributed by atoms with Gasteiger partial charge in [0.1, 0.15) is 11.0 Å². The van der Waals surface area contributed by atoms with Crippen LogP contribution in [0.4, 0.5) is 0 Å². The summed E-state index contributed by atoms with van der Waals surface area (Å²) in [4.78, 5) is 33.2. The standard InChI is InChI=1S/C25H32N4O2S2/c1-15(26-5)22(30)28-21(25(2,3)4)24(31)29-12-8-10-19(29)23-27-18(14-33-23)17-13-32-20-11-7-6-9-16(17)20/h6-7,9,11,13-15,19,21,26H,8,10,12H2,1-5H3,(H,28,30)/t15-,19-,21+/m0/s1. The summed E-state index contributed by atoms with van der Waals surface area (Å²) in [5.74, 6) is -0.193. The summed E-state index contributed by atoms with van der Waals surface area (Å²) < 4.78 is 1.25. The van der Waals surface area contributed by atoms with Gasteiger partial charge in [-0.15, -0.1) is 22.7 Å². The van der Waals surface area contributed by atoms with Crippen molar-refractivity contribution in [1.82, 2.24) is 20.5 Å². The van der Waals surface area contributed by atoms with Gasteiger partial charge in [0.05, 0.1) is 17.8 Å². The molecule has 0 unspecified atom stereocenters. The zero-order chi connectivity index (χ0) is 23.8. The molecule has 0 spiro atoms. The van der Waals surface area contributed by atoms with Gasteiger partial charge in [0.2, 0.25) is 11.8 Å². The number of amides is 2. The molecule has 1 fully saturated rings. The maximum atomic E-state index is 13.7. The van der Waals surface area contributed by atoms with Crippen molar-refractivity contribution in [3.8, 4) is 11.3 Å². The highest BCUT2D eigenvalue weighted by Crippen LogP contribution is 2.39. The van der Waals surface area contributed by atoms with Crippen molar-refractivity contribution in [3.05, 3.63) is 40.0 Å². The Bertz CT molecular complexity index is 1150. The van der Waals surface area contributed by atoms with Gasteiger partial charge in [-0.3, -0.25) is 9.59 Å². The number of hydrogen-bond acceptors (Lipinski definition) is 6. The fraction of sp³-hybridized carbons (Fsp3) is 0.480. The van der Waals surface area contributed by atoms with E-state index in [2.05, 4.69) is 45.7 Å². The third-order valence-electron chi connectivity index (χ3n) is 6.33. The number of fused-ring (bicyclic) bond motifs is 1. The lowest BCUT2D eigenvalue weighted by Gasteiger charge is -2.35. The van der Waals surface area contributed by atoms with E-state index >= 15 is 0 Å². The first kappa shape index (κ1) is 23.9. The van der Waals surface area contributed by atoms with Crippen molar-refractivity contribution >= 4 is 44.6 Å². The summed E-state index contributed by atoms with van der Waals surface area (Å²) in [5.41, 5.74) is 1.71. The summed E-state index contributed by atoms with van der Waals surface area (Å²) in [6, 6.07) is 7.36. The first-order valence-electron chi connectivity index (χ1n) is 11.4. The van der Waals surface area contributed by atoms with Gasteiger partial charge in [0.25, 0.3) is 0 Å². The molecule has 33 heavy (non-hydrogen) atoms. The quantitative estimate of drug-likeness (QED) is 0.526. The molecule has 0 aliphatic carbocycles. The first-order valence-corrected chi connectivity index (χ1v) is 13.2. The Balaban J connectivity index is 1.58. The van der Waals surface area contributed by atoms with Crippen LogP contribution < -0.4 is 10.6 Å². The number of benzene rings is 1. The van der Waals surface area contributed by atoms with Crippen LogP contribution in [-0.2, 0) is 9.59 Å². The first-order chi connectivity index (χ1) is 15.7. The molecular weight excluding hydrogens is 452 g/mol. The molecule has 6 nitrogen and oxygen atoms in total. The molecule has 2 aromatic heterocycles. The van der Waals surface area contributed by atoms with E-state index in [0.29, 0.717) is 6.54 Å². The number of likely N-dealkylation sites (N-methyl/N-ethyl adjacent to an activating group) is 1. The van der Waals surface area contributed by atoms with E-state index in [1.54, 1.807) is 36.6 Å². The summed E-state index contributed by atoms with van der Waals surface area (Å²) in [5, 5.41) is 12.4. The zero-order valence-corrected chi connectivity index (χ0v) is 21.5. The monoisotopic (exact) mass is 484 g/mol. The molecule has 3 atom stereocenters. The Morgan fingerprint density at radius 1 is 1.18 bits per heavy atom. The van der Waals surface area contributed by atoms with Gasteiger partial charge in [-0.05, 0) is 38.3 Å². The topological polar surface area (TPSA) is 74.3 Å². The number of carbonyl (C=O) groups excluding carboxylic acids is 2. The molecule has 3 heterocycles. The van der Waals surface area contributed by atoms with Crippen LogP contribution in [0, 0.1) is 5.41 Å². The minimum absolute atomic E-state index is 0.0283. The molecule has 0 radical (unpaired) electrons. The summed E-state index contributed by atoms with van der Waals surface area (Å²) in [6.07, 6.45) is 1.82. The van der Waals surface area contributed by atoms with E-state index in [4.69, 9.17) is 4.98 Å². The van der Waals surface area contributed by atoms with Crippen molar-refractivity contribution in [1.29, 1.82) is 0 Å². The number of aromatic nitrogens is 1. The Hall–Kier alpha value is -2.29. The van der Waals surface area contributed by atoms with Gasteiger partial charge in [-0.1, -0.05) is 39.0 Å². The Morgan fingerprint density at radius 3 is 2.67 bits per heavy atom. The highest BCUT2D eigenvalue weighted by molar-refractivity contribution is 7.17. The van der Waals surface area contributed by atoms with E-state index < -0.39 is 11.5 Å². The molecule has 2 amide bonds. The van der Waals surface area contributed by atoms with Crippen molar-refractivity contribution in [3.63, 3.8) is 0 Å². The second-order valence-electron chi connectivity index (χ2n) is 9.72. The largest absolute Gasteiger partial charge is 0.342 e. The van der Waals surface area contributed by atoms with Crippen LogP contribution in [0.15, 0.2) is 35.0 Å². The molecule has 2 N–H and O–H groups in total. The van der Waals surface area contributed by atoms with Gasteiger partial charge in [-0.2, -0.15) is 0 Å². The molecular formula is C25H32N4O2S2. The van der Waals surface area contributed by atoms with E-state index in [0.717, 1.165) is 29.1 Å². The van der Waals surface area contributed by atoms with Crippen molar-refractivity contribution in [2.75, 3.05) is 13.6 Å². The van der Waals surface area contributed by atoms with Crippen LogP contribution in [0.3, 0.4) is 0 Å². The molecule has 176 valence electrons. The highest BCUT2D eigenvalue weighted by atomic mass is 32.1. The average Bonchev–Trinajstić information content (AvgIpc) is 3.53. The van der Waals surface area contributed by atoms with E-state index in [1.807, 2.05) is 25.7 Å². The zero-order valence-electron chi connectivity index (χ0n) is 19.8. The Morgan fingerprint density at radius 2 is 1.94 bits per heavy atom. The number of thiazole rings is 1. The third-order valence-corrected chi connectivity index (χ3v) is 8.24. The summed E-state index contributed by atoms with van der Waals surface area (Å²) >= 11 is 3.35. The molecule has 1 aromatic carbocycles. The van der Waals surface area contributed by atoms with Crippen LogP contribution in [0.2, 0.25) is 0 Å². The predicted octanol–water partition coefficient (Wildman–Crippen LogP) is 4.83. The Kier molecular flexibility index (Phi) is 6.88. The minimum Gasteiger partial charge on any atom is -0.342 e. The van der Waals surface area contributed by atoms with Crippen molar-refractivity contribution < 1.29 is 9.59 Å². The van der Waals surface area contributed by atoms with Crippen molar-refractivity contribution in [2.45, 2.75) is 58.7 Å². The number of nitrogens with one attached hydrogen (secondary N) is 2. The number of carbonyl (C=O) groups is 2. The summed E-state index contributed by atoms with van der Waals surface area (Å²) in [6.45, 7) is 8.46. The molecule has 1 aliphatic heterocycles. The number of rotatable bonds is 6. The minimum atomic E-state index is -0.596. The van der Waals surface area contributed by atoms with E-state index in [9.17, 15) is 9.59 Å². The van der Waals surface area contributed by atoms with Gasteiger partial charge >= 0.3 is 0 Å². The molecule has 0 bridgehead atoms. The molecule has 4 rings (SSSR count). The fourth-order valence-electron chi connectivity index (χ4n) is 4.24. The fourth-order valence-corrected chi connectivity index (χ4v) is 6.16. The molecule has 3 aromatic rings. The maximum Gasteiger partial charge on any atom is 0.246 e. The van der Waals surface area contributed by atoms with Gasteiger partial charge in [-0.25, -0.2) is 4.98 Å². The number of thiophene rings is 1. The van der Waals surface area contributed by atoms with Crippen molar-refractivity contribution in [2.24, 2.45) is 5.41 Å². The van der Waals surface area contributed by atoms with Crippen LogP contribution in [0.5, 0.6) is 0 Å². The van der Waals surface area contributed by atoms with E-state index in [1.165, 1.54) is 10.1 Å². The van der Waals surface area contributed by atoms with Crippen LogP contribution in [0.25, 0.3) is 21.3 Å². The number of likely N-dealkylation sites (tertiary alicyclic amines) is 1. The third kappa shape index (κ3) is 4.83. The predicted molar refractivity (Wildman–Crippen MR) is 137 cm³/mol. The lowest BCUT2D eigenvalue weighted by molar-refractivity contribution is -0.140. The summed E-state index contributed by atoms with van der Waals surface area (Å²) in [7, 11) is 1.74. The smallest absolute Gasteiger partial charge is 0.246 e. The molecule has 8 heteroatoms. The maximum absolute atomic E-state index is 13.7. The second kappa shape index (κ2) is 9.52. The number of hydrogen-bond donors (Lipinski definition) is 2. The lowest BCUT2D eigenvalue weighted by Crippen LogP contribution is -2.57. The molecule has 0 saturated carbocycles. The van der Waals surface area contributed by atoms with Gasteiger partial charge in [0, 0.05) is 33.0 Å². The van der Waals surface area contributed by atoms with Crippen LogP contribution >= 0.6 is 22.7 Å². The van der Waals surface area contributed by atoms with Crippen LogP contribution in [-0.4, -0.2) is 47.4 Å². The Labute approximate surface area is 203 Å². The molecule has 1 aliphatic rings. The van der Waals surface area contributed by atoms with Crippen LogP contribution in [0.1, 0.15) is 51.6 Å². The number of nitrogens with zero attached hydrogens (tertiary/aromatic N) is 2. The lowest BCUT2D eigenvalue weighted by atomic mass is 9.85. The second-order valence-corrected chi connectivity index (χ2v) is 11.5. The highest BCUT2D eigenvalue weighted by Gasteiger charge is 2.41. The molecule has 1 saturated heterocycles. The van der Waals surface area contributed by atoms with Gasteiger partial charge in [0.15, 0.2) is 0 Å². The average molecular weight is 485 g/mol.